The smallest absolute Gasteiger partial charge is 0.323 e. The van der Waals surface area contributed by atoms with Gasteiger partial charge in [0.05, 0.1) is 11.4 Å². The molecule has 0 aliphatic heterocycles. The fraction of sp³-hybridized carbons (Fsp3) is 0.909. The second-order valence-electron chi connectivity index (χ2n) is 4.63. The van der Waals surface area contributed by atoms with Gasteiger partial charge in [-0.1, -0.05) is 6.92 Å². The Morgan fingerprint density at radius 3 is 2.24 bits per heavy atom. The topological polar surface area (TPSA) is 72.5 Å². The lowest BCUT2D eigenvalue weighted by atomic mass is 10.1. The molecule has 17 heavy (non-hydrogen) atoms. The number of esters is 1. The molecule has 102 valence electrons. The number of nitrogens with one attached hydrogen (secondary N) is 1. The van der Waals surface area contributed by atoms with Crippen LogP contribution < -0.4 is 5.32 Å². The Morgan fingerprint density at radius 2 is 1.88 bits per heavy atom. The molecular weight excluding hydrogens is 242 g/mol. The van der Waals surface area contributed by atoms with Crippen LogP contribution >= 0.6 is 0 Å². The van der Waals surface area contributed by atoms with E-state index in [1.54, 1.807) is 20.8 Å². The molecule has 0 aliphatic rings. The average Bonchev–Trinajstić information content (AvgIpc) is 2.17. The molecule has 0 amide bonds. The number of carbonyl (C=O) groups is 1. The standard InChI is InChI=1S/C11H23NO4S/c1-6-9(10(13)16-7-2)12-8-11(3,4)17(5,14)15/h9,12H,6-8H2,1-5H3. The molecule has 0 aliphatic carbocycles. The van der Waals surface area contributed by atoms with E-state index in [9.17, 15) is 13.2 Å². The van der Waals surface area contributed by atoms with Crippen molar-refractivity contribution in [1.29, 1.82) is 0 Å². The summed E-state index contributed by atoms with van der Waals surface area (Å²) in [5.74, 6) is -0.334. The van der Waals surface area contributed by atoms with Crippen LogP contribution in [0.2, 0.25) is 0 Å². The predicted molar refractivity (Wildman–Crippen MR) is 67.6 cm³/mol. The largest absolute Gasteiger partial charge is 0.465 e. The Bertz CT molecular complexity index is 348. The minimum atomic E-state index is -3.16. The van der Waals surface area contributed by atoms with Crippen molar-refractivity contribution in [2.75, 3.05) is 19.4 Å². The van der Waals surface area contributed by atoms with Crippen molar-refractivity contribution in [3.05, 3.63) is 0 Å². The lowest BCUT2D eigenvalue weighted by molar-refractivity contribution is -0.145. The molecule has 1 atom stereocenters. The molecule has 0 bridgehead atoms. The lowest BCUT2D eigenvalue weighted by Crippen LogP contribution is -2.48. The first-order valence-electron chi connectivity index (χ1n) is 5.75. The molecule has 0 heterocycles. The van der Waals surface area contributed by atoms with Gasteiger partial charge < -0.3 is 10.1 Å². The molecular formula is C11H23NO4S. The van der Waals surface area contributed by atoms with Crippen molar-refractivity contribution < 1.29 is 17.9 Å². The highest BCUT2D eigenvalue weighted by molar-refractivity contribution is 7.92. The maximum atomic E-state index is 11.5. The third kappa shape index (κ3) is 5.04. The van der Waals surface area contributed by atoms with Crippen LogP contribution in [0, 0.1) is 0 Å². The molecule has 0 aromatic heterocycles. The van der Waals surface area contributed by atoms with E-state index < -0.39 is 20.6 Å². The molecule has 0 saturated carbocycles. The Balaban J connectivity index is 4.48. The van der Waals surface area contributed by atoms with Gasteiger partial charge in [0, 0.05) is 12.8 Å². The zero-order valence-corrected chi connectivity index (χ0v) is 12.1. The van der Waals surface area contributed by atoms with E-state index in [1.165, 1.54) is 6.26 Å². The van der Waals surface area contributed by atoms with Crippen LogP contribution in [-0.2, 0) is 19.4 Å². The fourth-order valence-electron chi connectivity index (χ4n) is 1.14. The lowest BCUT2D eigenvalue weighted by Gasteiger charge is -2.25. The first-order chi connectivity index (χ1) is 7.65. The first kappa shape index (κ1) is 16.4. The van der Waals surface area contributed by atoms with Gasteiger partial charge in [0.2, 0.25) is 0 Å². The van der Waals surface area contributed by atoms with Gasteiger partial charge in [0.25, 0.3) is 0 Å². The van der Waals surface area contributed by atoms with E-state index >= 15 is 0 Å². The van der Waals surface area contributed by atoms with E-state index in [-0.39, 0.29) is 12.5 Å². The van der Waals surface area contributed by atoms with Gasteiger partial charge >= 0.3 is 5.97 Å². The quantitative estimate of drug-likeness (QED) is 0.687. The summed E-state index contributed by atoms with van der Waals surface area (Å²) in [6, 6.07) is -0.448. The van der Waals surface area contributed by atoms with Crippen LogP contribution in [0.5, 0.6) is 0 Å². The Hall–Kier alpha value is -0.620. The molecule has 0 radical (unpaired) electrons. The van der Waals surface area contributed by atoms with Crippen molar-refractivity contribution in [2.45, 2.75) is 44.9 Å². The summed E-state index contributed by atoms with van der Waals surface area (Å²) in [6.07, 6.45) is 1.76. The maximum absolute atomic E-state index is 11.5. The normalized spacial score (nSPS) is 14.4. The maximum Gasteiger partial charge on any atom is 0.323 e. The third-order valence-electron chi connectivity index (χ3n) is 2.76. The van der Waals surface area contributed by atoms with Crippen molar-refractivity contribution >= 4 is 15.8 Å². The number of ether oxygens (including phenoxy) is 1. The van der Waals surface area contributed by atoms with E-state index in [4.69, 9.17) is 4.74 Å². The van der Waals surface area contributed by atoms with Gasteiger partial charge in [-0.3, -0.25) is 4.79 Å². The highest BCUT2D eigenvalue weighted by atomic mass is 32.2. The average molecular weight is 265 g/mol. The number of hydrogen-bond acceptors (Lipinski definition) is 5. The molecule has 0 saturated heterocycles. The van der Waals surface area contributed by atoms with E-state index in [0.717, 1.165) is 0 Å². The van der Waals surface area contributed by atoms with Crippen LogP contribution in [0.15, 0.2) is 0 Å². The number of rotatable bonds is 7. The predicted octanol–water partition coefficient (Wildman–Crippen LogP) is 0.741. The minimum absolute atomic E-state index is 0.225. The SMILES string of the molecule is CCOC(=O)C(CC)NCC(C)(C)S(C)(=O)=O. The Labute approximate surface area is 104 Å². The Kier molecular flexibility index (Phi) is 6.12. The van der Waals surface area contributed by atoms with Crippen LogP contribution in [0.3, 0.4) is 0 Å². The van der Waals surface area contributed by atoms with Crippen LogP contribution in [-0.4, -0.2) is 44.6 Å². The van der Waals surface area contributed by atoms with Gasteiger partial charge in [-0.15, -0.1) is 0 Å². The molecule has 1 N–H and O–H groups in total. The highest BCUT2D eigenvalue weighted by Crippen LogP contribution is 2.14. The van der Waals surface area contributed by atoms with E-state index in [1.807, 2.05) is 6.92 Å². The van der Waals surface area contributed by atoms with Gasteiger partial charge in [-0.2, -0.15) is 0 Å². The van der Waals surface area contributed by atoms with Gasteiger partial charge in [-0.05, 0) is 27.2 Å². The number of sulfone groups is 1. The Morgan fingerprint density at radius 1 is 1.35 bits per heavy atom. The summed E-state index contributed by atoms with van der Waals surface area (Å²) in [4.78, 5) is 11.5. The highest BCUT2D eigenvalue weighted by Gasteiger charge is 2.31. The summed E-state index contributed by atoms with van der Waals surface area (Å²) in [5, 5.41) is 2.95. The summed E-state index contributed by atoms with van der Waals surface area (Å²) >= 11 is 0. The third-order valence-corrected chi connectivity index (χ3v) is 4.91. The molecule has 0 aromatic rings. The summed E-state index contributed by atoms with van der Waals surface area (Å²) in [7, 11) is -3.16. The first-order valence-corrected chi connectivity index (χ1v) is 7.64. The van der Waals surface area contributed by atoms with Gasteiger partial charge in [0.1, 0.15) is 6.04 Å². The second kappa shape index (κ2) is 6.35. The fourth-order valence-corrected chi connectivity index (χ4v) is 1.48. The van der Waals surface area contributed by atoms with E-state index in [0.29, 0.717) is 13.0 Å². The molecule has 0 spiro atoms. The van der Waals surface area contributed by atoms with Crippen molar-refractivity contribution in [3.63, 3.8) is 0 Å². The van der Waals surface area contributed by atoms with Crippen molar-refractivity contribution in [1.82, 2.24) is 5.32 Å². The van der Waals surface area contributed by atoms with Crippen LogP contribution in [0.4, 0.5) is 0 Å². The second-order valence-corrected chi connectivity index (χ2v) is 7.28. The molecule has 0 fully saturated rings. The van der Waals surface area contributed by atoms with Crippen molar-refractivity contribution in [2.24, 2.45) is 0 Å². The zero-order valence-electron chi connectivity index (χ0n) is 11.2. The monoisotopic (exact) mass is 265 g/mol. The molecule has 5 nitrogen and oxygen atoms in total. The summed E-state index contributed by atoms with van der Waals surface area (Å²) in [6.45, 7) is 7.41. The van der Waals surface area contributed by atoms with E-state index in [2.05, 4.69) is 5.32 Å². The number of carbonyl (C=O) groups excluding carboxylic acids is 1. The van der Waals surface area contributed by atoms with Gasteiger partial charge in [-0.25, -0.2) is 8.42 Å². The molecule has 1 unspecified atom stereocenters. The van der Waals surface area contributed by atoms with Crippen LogP contribution in [0.25, 0.3) is 0 Å². The molecule has 0 aromatic carbocycles. The summed E-state index contributed by atoms with van der Waals surface area (Å²) in [5.41, 5.74) is 0. The van der Waals surface area contributed by atoms with Crippen molar-refractivity contribution in [3.8, 4) is 0 Å². The minimum Gasteiger partial charge on any atom is -0.465 e. The number of hydrogen-bond donors (Lipinski definition) is 1. The van der Waals surface area contributed by atoms with Crippen LogP contribution in [0.1, 0.15) is 34.1 Å². The molecule has 0 rings (SSSR count). The molecule has 6 heteroatoms. The van der Waals surface area contributed by atoms with Gasteiger partial charge in [0.15, 0.2) is 9.84 Å². The summed E-state index contributed by atoms with van der Waals surface area (Å²) < 4.78 is 27.0. The zero-order chi connectivity index (χ0) is 13.7.